The van der Waals surface area contributed by atoms with E-state index in [0.717, 1.165) is 11.1 Å². The normalized spacial score (nSPS) is 10.6. The first-order valence-corrected chi connectivity index (χ1v) is 10.1. The first-order chi connectivity index (χ1) is 14.4. The number of aromatic nitrogens is 2. The molecule has 0 aliphatic heterocycles. The molecule has 0 aliphatic carbocycles. The van der Waals surface area contributed by atoms with Gasteiger partial charge in [0.1, 0.15) is 0 Å². The molecule has 1 aromatic carbocycles. The van der Waals surface area contributed by atoms with Gasteiger partial charge in [-0.2, -0.15) is 0 Å². The quantitative estimate of drug-likeness (QED) is 0.643. The minimum atomic E-state index is -0.0882. The Morgan fingerprint density at radius 1 is 1.10 bits per heavy atom. The van der Waals surface area contributed by atoms with Crippen LogP contribution in [-0.4, -0.2) is 67.6 Å². The van der Waals surface area contributed by atoms with Crippen LogP contribution >= 0.6 is 0 Å². The number of amides is 2. The molecule has 0 bridgehead atoms. The topological polar surface area (TPSA) is 87.7 Å². The van der Waals surface area contributed by atoms with Crippen molar-refractivity contribution < 1.29 is 14.3 Å². The fourth-order valence-corrected chi connectivity index (χ4v) is 2.91. The Morgan fingerprint density at radius 2 is 1.77 bits per heavy atom. The summed E-state index contributed by atoms with van der Waals surface area (Å²) in [5.74, 6) is 0.393. The molecule has 0 saturated heterocycles. The first kappa shape index (κ1) is 23.3. The molecule has 8 nitrogen and oxygen atoms in total. The van der Waals surface area contributed by atoms with Crippen LogP contribution in [0.1, 0.15) is 36.2 Å². The van der Waals surface area contributed by atoms with Crippen LogP contribution in [0, 0.1) is 0 Å². The van der Waals surface area contributed by atoms with E-state index in [0.29, 0.717) is 49.9 Å². The van der Waals surface area contributed by atoms with Crippen LogP contribution < -0.4 is 10.2 Å². The summed E-state index contributed by atoms with van der Waals surface area (Å²) in [5.41, 5.74) is 2.86. The molecule has 0 fully saturated rings. The van der Waals surface area contributed by atoms with E-state index < -0.39 is 0 Å². The number of ether oxygens (including phenoxy) is 1. The van der Waals surface area contributed by atoms with Gasteiger partial charge in [-0.1, -0.05) is 24.3 Å². The van der Waals surface area contributed by atoms with E-state index in [4.69, 9.17) is 4.74 Å². The van der Waals surface area contributed by atoms with Crippen molar-refractivity contribution in [3.63, 3.8) is 0 Å². The van der Waals surface area contributed by atoms with Gasteiger partial charge in [0.15, 0.2) is 0 Å². The smallest absolute Gasteiger partial charge is 0.257 e. The van der Waals surface area contributed by atoms with Crippen LogP contribution in [0.4, 0.5) is 5.95 Å². The van der Waals surface area contributed by atoms with Crippen LogP contribution in [-0.2, 0) is 16.1 Å². The lowest BCUT2D eigenvalue weighted by molar-refractivity contribution is -0.122. The molecule has 2 aromatic rings. The van der Waals surface area contributed by atoms with E-state index in [9.17, 15) is 9.59 Å². The molecular weight excluding hydrogens is 382 g/mol. The van der Waals surface area contributed by atoms with Gasteiger partial charge in [-0.25, -0.2) is 9.97 Å². The third-order valence-corrected chi connectivity index (χ3v) is 4.71. The van der Waals surface area contributed by atoms with Crippen molar-refractivity contribution in [3.8, 4) is 11.3 Å². The molecule has 1 aromatic heterocycles. The standard InChI is InChI=1S/C22H31N5O3/c1-6-27(7-2)21(29)18-15-24-22(26(3)4)25-20(18)17-10-8-16(9-11-17)14-23-19(28)12-13-30-5/h8-11,15H,6-7,12-14H2,1-5H3,(H,23,28). The molecule has 1 heterocycles. The summed E-state index contributed by atoms with van der Waals surface area (Å²) in [6.07, 6.45) is 1.93. The number of hydrogen-bond donors (Lipinski definition) is 1. The van der Waals surface area contributed by atoms with Crippen LogP contribution in [0.3, 0.4) is 0 Å². The molecule has 162 valence electrons. The average molecular weight is 414 g/mol. The SMILES string of the molecule is CCN(CC)C(=O)c1cnc(N(C)C)nc1-c1ccc(CNC(=O)CCOC)cc1. The number of methoxy groups -OCH3 is 1. The molecule has 2 rings (SSSR count). The Morgan fingerprint density at radius 3 is 2.33 bits per heavy atom. The molecule has 0 unspecified atom stereocenters. The summed E-state index contributed by atoms with van der Waals surface area (Å²) >= 11 is 0. The molecule has 0 saturated carbocycles. The first-order valence-electron chi connectivity index (χ1n) is 10.1. The van der Waals surface area contributed by atoms with E-state index >= 15 is 0 Å². The molecule has 0 atom stereocenters. The van der Waals surface area contributed by atoms with Gasteiger partial charge >= 0.3 is 0 Å². The van der Waals surface area contributed by atoms with Crippen molar-refractivity contribution in [1.29, 1.82) is 0 Å². The average Bonchev–Trinajstić information content (AvgIpc) is 2.76. The van der Waals surface area contributed by atoms with Gasteiger partial charge in [-0.15, -0.1) is 0 Å². The van der Waals surface area contributed by atoms with Gasteiger partial charge in [0.2, 0.25) is 11.9 Å². The highest BCUT2D eigenvalue weighted by Gasteiger charge is 2.20. The van der Waals surface area contributed by atoms with Crippen molar-refractivity contribution in [2.75, 3.05) is 45.8 Å². The van der Waals surface area contributed by atoms with Gasteiger partial charge in [0, 0.05) is 59.0 Å². The van der Waals surface area contributed by atoms with Gasteiger partial charge < -0.3 is 19.9 Å². The van der Waals surface area contributed by atoms with E-state index in [2.05, 4.69) is 15.3 Å². The minimum absolute atomic E-state index is 0.0561. The Balaban J connectivity index is 2.29. The number of benzene rings is 1. The second-order valence-corrected chi connectivity index (χ2v) is 7.02. The van der Waals surface area contributed by atoms with E-state index in [1.54, 1.807) is 23.1 Å². The third kappa shape index (κ3) is 6.00. The van der Waals surface area contributed by atoms with Crippen molar-refractivity contribution >= 4 is 17.8 Å². The number of nitrogens with zero attached hydrogens (tertiary/aromatic N) is 4. The number of hydrogen-bond acceptors (Lipinski definition) is 6. The Kier molecular flexibility index (Phi) is 8.73. The molecule has 2 amide bonds. The summed E-state index contributed by atoms with van der Waals surface area (Å²) in [7, 11) is 5.29. The molecule has 30 heavy (non-hydrogen) atoms. The Labute approximate surface area is 178 Å². The number of anilines is 1. The number of carbonyl (C=O) groups is 2. The zero-order chi connectivity index (χ0) is 22.1. The molecular formula is C22H31N5O3. The lowest BCUT2D eigenvalue weighted by Gasteiger charge is -2.21. The second kappa shape index (κ2) is 11.3. The van der Waals surface area contributed by atoms with Crippen LogP contribution in [0.15, 0.2) is 30.5 Å². The zero-order valence-electron chi connectivity index (χ0n) is 18.4. The molecule has 0 radical (unpaired) electrons. The van der Waals surface area contributed by atoms with E-state index in [-0.39, 0.29) is 11.8 Å². The Hall–Kier alpha value is -3.00. The highest BCUT2D eigenvalue weighted by atomic mass is 16.5. The largest absolute Gasteiger partial charge is 0.384 e. The predicted molar refractivity (Wildman–Crippen MR) is 117 cm³/mol. The van der Waals surface area contributed by atoms with Crippen LogP contribution in [0.25, 0.3) is 11.3 Å². The van der Waals surface area contributed by atoms with Crippen molar-refractivity contribution in [2.24, 2.45) is 0 Å². The Bertz CT molecular complexity index is 848. The van der Waals surface area contributed by atoms with Crippen LogP contribution in [0.5, 0.6) is 0 Å². The van der Waals surface area contributed by atoms with Crippen molar-refractivity contribution in [1.82, 2.24) is 20.2 Å². The maximum absolute atomic E-state index is 13.0. The van der Waals surface area contributed by atoms with Crippen molar-refractivity contribution in [2.45, 2.75) is 26.8 Å². The molecule has 8 heteroatoms. The highest BCUT2D eigenvalue weighted by molar-refractivity contribution is 5.99. The molecule has 0 spiro atoms. The summed E-state index contributed by atoms with van der Waals surface area (Å²) < 4.78 is 4.91. The fourth-order valence-electron chi connectivity index (χ4n) is 2.91. The van der Waals surface area contributed by atoms with Crippen molar-refractivity contribution in [3.05, 3.63) is 41.6 Å². The maximum Gasteiger partial charge on any atom is 0.257 e. The molecule has 0 aliphatic rings. The number of nitrogens with one attached hydrogen (secondary N) is 1. The lowest BCUT2D eigenvalue weighted by atomic mass is 10.0. The van der Waals surface area contributed by atoms with E-state index in [1.807, 2.05) is 52.2 Å². The summed E-state index contributed by atoms with van der Waals surface area (Å²) in [5, 5.41) is 2.86. The monoisotopic (exact) mass is 413 g/mol. The van der Waals surface area contributed by atoms with Gasteiger partial charge in [-0.05, 0) is 19.4 Å². The highest BCUT2D eigenvalue weighted by Crippen LogP contribution is 2.25. The second-order valence-electron chi connectivity index (χ2n) is 7.02. The summed E-state index contributed by atoms with van der Waals surface area (Å²) in [4.78, 5) is 37.3. The van der Waals surface area contributed by atoms with E-state index in [1.165, 1.54) is 0 Å². The summed E-state index contributed by atoms with van der Waals surface area (Å²) in [6.45, 7) is 5.96. The summed E-state index contributed by atoms with van der Waals surface area (Å²) in [6, 6.07) is 7.68. The fraction of sp³-hybridized carbons (Fsp3) is 0.455. The maximum atomic E-state index is 13.0. The van der Waals surface area contributed by atoms with Gasteiger partial charge in [-0.3, -0.25) is 9.59 Å². The molecule has 1 N–H and O–H groups in total. The van der Waals surface area contributed by atoms with Crippen LogP contribution in [0.2, 0.25) is 0 Å². The lowest BCUT2D eigenvalue weighted by Crippen LogP contribution is -2.31. The van der Waals surface area contributed by atoms with Gasteiger partial charge in [0.05, 0.1) is 17.9 Å². The van der Waals surface area contributed by atoms with Gasteiger partial charge in [0.25, 0.3) is 5.91 Å². The number of rotatable bonds is 10. The number of carbonyl (C=O) groups excluding carboxylic acids is 2. The predicted octanol–water partition coefficient (Wildman–Crippen LogP) is 2.34. The third-order valence-electron chi connectivity index (χ3n) is 4.71. The zero-order valence-corrected chi connectivity index (χ0v) is 18.4. The minimum Gasteiger partial charge on any atom is -0.384 e.